The van der Waals surface area contributed by atoms with Crippen molar-refractivity contribution in [2.45, 2.75) is 13.1 Å². The van der Waals surface area contributed by atoms with E-state index in [9.17, 15) is 14.0 Å². The number of carbonyl (C=O) groups is 1. The molecule has 0 atom stereocenters. The maximum atomic E-state index is 12.7. The van der Waals surface area contributed by atoms with Crippen molar-refractivity contribution in [1.82, 2.24) is 9.88 Å². The first-order valence-corrected chi connectivity index (χ1v) is 6.71. The SMILES string of the molecule is O=C(Cn1cc(Br)ccc1=O)NCc1ccc(F)cc1. The lowest BCUT2D eigenvalue weighted by Gasteiger charge is -2.07. The minimum absolute atomic E-state index is 0.0561. The second kappa shape index (κ2) is 6.47. The van der Waals surface area contributed by atoms with Crippen LogP contribution in [0.5, 0.6) is 0 Å². The van der Waals surface area contributed by atoms with Crippen molar-refractivity contribution in [3.63, 3.8) is 0 Å². The van der Waals surface area contributed by atoms with Gasteiger partial charge >= 0.3 is 0 Å². The van der Waals surface area contributed by atoms with Crippen molar-refractivity contribution < 1.29 is 9.18 Å². The smallest absolute Gasteiger partial charge is 0.251 e. The van der Waals surface area contributed by atoms with Gasteiger partial charge in [0.25, 0.3) is 5.56 Å². The fraction of sp³-hybridized carbons (Fsp3) is 0.143. The number of carbonyl (C=O) groups excluding carboxylic acids is 1. The molecule has 1 aromatic carbocycles. The van der Waals surface area contributed by atoms with Crippen molar-refractivity contribution in [3.8, 4) is 0 Å². The molecule has 0 aliphatic rings. The number of nitrogens with zero attached hydrogens (tertiary/aromatic N) is 1. The quantitative estimate of drug-likeness (QED) is 0.927. The lowest BCUT2D eigenvalue weighted by molar-refractivity contribution is -0.121. The van der Waals surface area contributed by atoms with Crippen LogP contribution in [0.1, 0.15) is 5.56 Å². The van der Waals surface area contributed by atoms with E-state index in [1.54, 1.807) is 24.4 Å². The third-order valence-corrected chi connectivity index (χ3v) is 3.13. The van der Waals surface area contributed by atoms with Gasteiger partial charge in [-0.2, -0.15) is 0 Å². The van der Waals surface area contributed by atoms with Crippen molar-refractivity contribution in [3.05, 3.63) is 68.8 Å². The molecule has 1 aromatic heterocycles. The Morgan fingerprint density at radius 2 is 1.90 bits per heavy atom. The summed E-state index contributed by atoms with van der Waals surface area (Å²) in [5.74, 6) is -0.602. The largest absolute Gasteiger partial charge is 0.350 e. The minimum Gasteiger partial charge on any atom is -0.350 e. The molecule has 0 saturated carbocycles. The van der Waals surface area contributed by atoms with Crippen LogP contribution in [0.2, 0.25) is 0 Å². The van der Waals surface area contributed by atoms with Crippen molar-refractivity contribution >= 4 is 21.8 Å². The number of pyridine rings is 1. The van der Waals surface area contributed by atoms with E-state index in [0.29, 0.717) is 6.54 Å². The van der Waals surface area contributed by atoms with Gasteiger partial charge in [-0.15, -0.1) is 0 Å². The fourth-order valence-electron chi connectivity index (χ4n) is 1.64. The van der Waals surface area contributed by atoms with E-state index in [4.69, 9.17) is 0 Å². The van der Waals surface area contributed by atoms with Crippen LogP contribution in [0, 0.1) is 5.82 Å². The molecule has 0 bridgehead atoms. The molecule has 0 radical (unpaired) electrons. The van der Waals surface area contributed by atoms with E-state index in [1.165, 1.54) is 22.8 Å². The van der Waals surface area contributed by atoms with E-state index >= 15 is 0 Å². The Hall–Kier alpha value is -1.95. The normalized spacial score (nSPS) is 10.3. The average molecular weight is 339 g/mol. The van der Waals surface area contributed by atoms with E-state index in [2.05, 4.69) is 21.2 Å². The monoisotopic (exact) mass is 338 g/mol. The second-order valence-electron chi connectivity index (χ2n) is 4.22. The third-order valence-electron chi connectivity index (χ3n) is 2.66. The summed E-state index contributed by atoms with van der Waals surface area (Å²) in [5.41, 5.74) is 0.548. The Balaban J connectivity index is 1.94. The molecule has 1 amide bonds. The summed E-state index contributed by atoms with van der Waals surface area (Å²) in [6.07, 6.45) is 1.56. The molecule has 0 aliphatic carbocycles. The number of nitrogens with one attached hydrogen (secondary N) is 1. The van der Waals surface area contributed by atoms with Crippen LogP contribution in [0.25, 0.3) is 0 Å². The predicted molar refractivity (Wildman–Crippen MR) is 76.6 cm³/mol. The summed E-state index contributed by atoms with van der Waals surface area (Å²) in [4.78, 5) is 23.3. The molecule has 1 heterocycles. The van der Waals surface area contributed by atoms with Crippen LogP contribution >= 0.6 is 15.9 Å². The van der Waals surface area contributed by atoms with Gasteiger partial charge in [0.2, 0.25) is 5.91 Å². The Bertz CT molecular complexity index is 668. The first-order chi connectivity index (χ1) is 9.54. The molecule has 104 valence electrons. The number of rotatable bonds is 4. The van der Waals surface area contributed by atoms with Crippen LogP contribution in [0.3, 0.4) is 0 Å². The predicted octanol–water partition coefficient (Wildman–Crippen LogP) is 2.07. The van der Waals surface area contributed by atoms with Gasteiger partial charge in [-0.1, -0.05) is 12.1 Å². The molecule has 0 aliphatic heterocycles. The Kier molecular flexibility index (Phi) is 4.68. The van der Waals surface area contributed by atoms with Gasteiger partial charge in [0.15, 0.2) is 0 Å². The Morgan fingerprint density at radius 1 is 1.20 bits per heavy atom. The van der Waals surface area contributed by atoms with E-state index in [0.717, 1.165) is 10.0 Å². The molecule has 20 heavy (non-hydrogen) atoms. The molecule has 0 fully saturated rings. The van der Waals surface area contributed by atoms with Crippen LogP contribution in [0.4, 0.5) is 4.39 Å². The first-order valence-electron chi connectivity index (χ1n) is 5.92. The minimum atomic E-state index is -0.319. The van der Waals surface area contributed by atoms with Crippen molar-refractivity contribution in [2.24, 2.45) is 0 Å². The average Bonchev–Trinajstić information content (AvgIpc) is 2.42. The molecule has 0 saturated heterocycles. The summed E-state index contributed by atoms with van der Waals surface area (Å²) in [5, 5.41) is 2.68. The zero-order valence-corrected chi connectivity index (χ0v) is 12.1. The summed E-state index contributed by atoms with van der Waals surface area (Å²) < 4.78 is 14.8. The maximum absolute atomic E-state index is 12.7. The molecule has 1 N–H and O–H groups in total. The highest BCUT2D eigenvalue weighted by atomic mass is 79.9. The molecular weight excluding hydrogens is 327 g/mol. The Labute approximate surface area is 123 Å². The molecule has 0 spiro atoms. The van der Waals surface area contributed by atoms with Crippen molar-refractivity contribution in [1.29, 1.82) is 0 Å². The second-order valence-corrected chi connectivity index (χ2v) is 5.13. The Morgan fingerprint density at radius 3 is 2.60 bits per heavy atom. The topological polar surface area (TPSA) is 51.1 Å². The zero-order chi connectivity index (χ0) is 14.5. The van der Waals surface area contributed by atoms with Gasteiger partial charge in [-0.25, -0.2) is 4.39 Å². The van der Waals surface area contributed by atoms with Crippen LogP contribution in [0.15, 0.2) is 51.9 Å². The van der Waals surface area contributed by atoms with Gasteiger partial charge in [0.05, 0.1) is 0 Å². The van der Waals surface area contributed by atoms with Gasteiger partial charge in [-0.05, 0) is 39.7 Å². The lowest BCUT2D eigenvalue weighted by Crippen LogP contribution is -2.31. The van der Waals surface area contributed by atoms with Gasteiger partial charge in [0.1, 0.15) is 12.4 Å². The van der Waals surface area contributed by atoms with Gasteiger partial charge < -0.3 is 9.88 Å². The third kappa shape index (κ3) is 4.03. The highest BCUT2D eigenvalue weighted by Crippen LogP contribution is 2.05. The number of benzene rings is 1. The molecule has 2 rings (SSSR count). The zero-order valence-electron chi connectivity index (χ0n) is 10.5. The summed E-state index contributed by atoms with van der Waals surface area (Å²) >= 11 is 3.24. The summed E-state index contributed by atoms with van der Waals surface area (Å²) in [6, 6.07) is 8.87. The van der Waals surface area contributed by atoms with E-state index < -0.39 is 0 Å². The molecule has 0 unspecified atom stereocenters. The fourth-order valence-corrected chi connectivity index (χ4v) is 2.02. The van der Waals surface area contributed by atoms with Crippen LogP contribution in [-0.4, -0.2) is 10.5 Å². The van der Waals surface area contributed by atoms with Crippen molar-refractivity contribution in [2.75, 3.05) is 0 Å². The molecule has 4 nitrogen and oxygen atoms in total. The van der Waals surface area contributed by atoms with Gasteiger partial charge in [-0.3, -0.25) is 9.59 Å². The van der Waals surface area contributed by atoms with E-state index in [1.807, 2.05) is 0 Å². The van der Waals surface area contributed by atoms with Crippen LogP contribution in [-0.2, 0) is 17.9 Å². The number of aromatic nitrogens is 1. The maximum Gasteiger partial charge on any atom is 0.251 e. The first kappa shape index (κ1) is 14.5. The van der Waals surface area contributed by atoms with Gasteiger partial charge in [0, 0.05) is 23.3 Å². The summed E-state index contributed by atoms with van der Waals surface area (Å²) in [6.45, 7) is 0.237. The van der Waals surface area contributed by atoms with Crippen LogP contribution < -0.4 is 10.9 Å². The number of hydrogen-bond donors (Lipinski definition) is 1. The number of halogens is 2. The molecule has 6 heteroatoms. The number of amides is 1. The summed E-state index contributed by atoms with van der Waals surface area (Å²) in [7, 11) is 0. The molecular formula is C14H12BrFN2O2. The lowest BCUT2D eigenvalue weighted by atomic mass is 10.2. The highest BCUT2D eigenvalue weighted by molar-refractivity contribution is 9.10. The molecule has 2 aromatic rings. The standard InChI is InChI=1S/C14H12BrFN2O2/c15-11-3-6-14(20)18(8-11)9-13(19)17-7-10-1-4-12(16)5-2-10/h1-6,8H,7,9H2,(H,17,19). The highest BCUT2D eigenvalue weighted by Gasteiger charge is 2.05. The number of hydrogen-bond acceptors (Lipinski definition) is 2. The van der Waals surface area contributed by atoms with E-state index in [-0.39, 0.29) is 23.8 Å².